The molecular weight excluding hydrogens is 373 g/mol. The molecule has 164 valence electrons. The molecule has 1 aliphatic carbocycles. The van der Waals surface area contributed by atoms with Crippen LogP contribution in [0.2, 0.25) is 0 Å². The van der Waals surface area contributed by atoms with E-state index in [1.807, 2.05) is 0 Å². The number of fused-ring (bicyclic) bond motifs is 1. The first-order chi connectivity index (χ1) is 14.1. The maximum atomic E-state index is 15.4. The van der Waals surface area contributed by atoms with Crippen molar-refractivity contribution in [1.29, 1.82) is 0 Å². The number of halogens is 1. The molecule has 7 nitrogen and oxygen atoms in total. The molecule has 1 saturated heterocycles. The van der Waals surface area contributed by atoms with Gasteiger partial charge in [0.15, 0.2) is 5.82 Å². The Hall–Kier alpha value is -1.57. The molecule has 2 aliphatic rings. The fraction of sp³-hybridized carbons (Fsp3) is 0.905. The number of carbonyl (C=O) groups excluding carboxylic acids is 1. The molecule has 0 radical (unpaired) electrons. The Labute approximate surface area is 172 Å². The zero-order valence-electron chi connectivity index (χ0n) is 17.7. The molecular formula is C21H36FN5O2. The SMILES string of the molecule is CCCCCCCCOC(=O)[C@@H]1C[C@H]2C[C@@](F)(CCc3nn[nH]n3)CC[C@H]2CN1. The lowest BCUT2D eigenvalue weighted by molar-refractivity contribution is -0.148. The normalized spacial score (nSPS) is 29.4. The molecule has 1 aliphatic heterocycles. The number of aromatic nitrogens is 4. The molecule has 2 N–H and O–H groups in total. The van der Waals surface area contributed by atoms with Crippen LogP contribution in [0, 0.1) is 11.8 Å². The molecule has 0 amide bonds. The second kappa shape index (κ2) is 11.0. The number of aryl methyl sites for hydroxylation is 1. The number of aromatic amines is 1. The summed E-state index contributed by atoms with van der Waals surface area (Å²) in [4.78, 5) is 12.4. The molecule has 1 aromatic rings. The zero-order chi connectivity index (χ0) is 20.5. The molecule has 4 atom stereocenters. The minimum atomic E-state index is -1.20. The van der Waals surface area contributed by atoms with Crippen LogP contribution in [0.3, 0.4) is 0 Å². The number of alkyl halides is 1. The van der Waals surface area contributed by atoms with Crippen molar-refractivity contribution in [2.24, 2.45) is 11.8 Å². The third-order valence-corrected chi connectivity index (χ3v) is 6.64. The van der Waals surface area contributed by atoms with Crippen LogP contribution in [0.5, 0.6) is 0 Å². The van der Waals surface area contributed by atoms with E-state index in [1.165, 1.54) is 25.7 Å². The van der Waals surface area contributed by atoms with Crippen LogP contribution in [0.1, 0.15) is 83.4 Å². The monoisotopic (exact) mass is 409 g/mol. The standard InChI is InChI=1S/C21H36FN5O2/c1-2-3-4-5-6-7-12-29-20(28)18-13-17-14-21(22,10-8-16(17)15-23-18)11-9-19-24-26-27-25-19/h16-18,23H,2-15H2,1H3,(H,24,25,26,27)/t16-,17-,18-,21-/m0/s1. The highest BCUT2D eigenvalue weighted by molar-refractivity contribution is 5.75. The van der Waals surface area contributed by atoms with Crippen LogP contribution in [0.4, 0.5) is 4.39 Å². The Morgan fingerprint density at radius 3 is 2.86 bits per heavy atom. The van der Waals surface area contributed by atoms with E-state index in [0.29, 0.717) is 50.5 Å². The highest BCUT2D eigenvalue weighted by atomic mass is 19.1. The molecule has 3 rings (SSSR count). The number of piperidine rings is 1. The minimum absolute atomic E-state index is 0.168. The van der Waals surface area contributed by atoms with E-state index in [0.717, 1.165) is 25.8 Å². The molecule has 0 aromatic carbocycles. The van der Waals surface area contributed by atoms with Crippen LogP contribution in [0.25, 0.3) is 0 Å². The smallest absolute Gasteiger partial charge is 0.323 e. The summed E-state index contributed by atoms with van der Waals surface area (Å²) in [6, 6.07) is -0.295. The Morgan fingerprint density at radius 2 is 2.07 bits per heavy atom. The minimum Gasteiger partial charge on any atom is -0.465 e. The summed E-state index contributed by atoms with van der Waals surface area (Å²) in [7, 11) is 0. The Kier molecular flexibility index (Phi) is 8.39. The highest BCUT2D eigenvalue weighted by Gasteiger charge is 2.44. The van der Waals surface area contributed by atoms with Gasteiger partial charge in [0.05, 0.1) is 6.61 Å². The van der Waals surface area contributed by atoms with Gasteiger partial charge in [0.2, 0.25) is 0 Å². The van der Waals surface area contributed by atoms with Gasteiger partial charge in [-0.15, -0.1) is 10.2 Å². The summed E-state index contributed by atoms with van der Waals surface area (Å²) >= 11 is 0. The van der Waals surface area contributed by atoms with Crippen LogP contribution in [-0.2, 0) is 16.0 Å². The fourth-order valence-corrected chi connectivity index (χ4v) is 4.83. The van der Waals surface area contributed by atoms with E-state index in [2.05, 4.69) is 32.9 Å². The number of hydrogen-bond donors (Lipinski definition) is 2. The predicted octanol–water partition coefficient (Wildman–Crippen LogP) is 3.52. The summed E-state index contributed by atoms with van der Waals surface area (Å²) in [5.41, 5.74) is -1.20. The van der Waals surface area contributed by atoms with E-state index in [1.54, 1.807) is 0 Å². The van der Waals surface area contributed by atoms with Crippen molar-refractivity contribution in [3.05, 3.63) is 5.82 Å². The first-order valence-corrected chi connectivity index (χ1v) is 11.4. The number of unbranched alkanes of at least 4 members (excludes halogenated alkanes) is 5. The fourth-order valence-electron chi connectivity index (χ4n) is 4.83. The lowest BCUT2D eigenvalue weighted by atomic mass is 9.67. The number of H-pyrrole nitrogens is 1. The molecule has 0 spiro atoms. The van der Waals surface area contributed by atoms with Crippen molar-refractivity contribution in [3.8, 4) is 0 Å². The number of esters is 1. The lowest BCUT2D eigenvalue weighted by Crippen LogP contribution is -2.52. The van der Waals surface area contributed by atoms with Gasteiger partial charge in [-0.25, -0.2) is 4.39 Å². The van der Waals surface area contributed by atoms with E-state index in [4.69, 9.17) is 4.74 Å². The number of rotatable bonds is 11. The molecule has 1 saturated carbocycles. The van der Waals surface area contributed by atoms with Gasteiger partial charge in [-0.05, 0) is 56.9 Å². The van der Waals surface area contributed by atoms with Crippen LogP contribution in [-0.4, -0.2) is 51.5 Å². The summed E-state index contributed by atoms with van der Waals surface area (Å²) in [6.07, 6.45) is 10.5. The van der Waals surface area contributed by atoms with Crippen molar-refractivity contribution in [2.75, 3.05) is 13.2 Å². The lowest BCUT2D eigenvalue weighted by Gasteiger charge is -2.44. The number of ether oxygens (including phenoxy) is 1. The summed E-state index contributed by atoms with van der Waals surface area (Å²) in [5.74, 6) is 1.07. The molecule has 8 heteroatoms. The van der Waals surface area contributed by atoms with Gasteiger partial charge in [-0.1, -0.05) is 44.2 Å². The van der Waals surface area contributed by atoms with Crippen molar-refractivity contribution in [1.82, 2.24) is 25.9 Å². The van der Waals surface area contributed by atoms with Gasteiger partial charge in [0.25, 0.3) is 0 Å². The van der Waals surface area contributed by atoms with Crippen molar-refractivity contribution in [2.45, 2.75) is 95.7 Å². The molecule has 29 heavy (non-hydrogen) atoms. The summed E-state index contributed by atoms with van der Waals surface area (Å²) < 4.78 is 20.9. The second-order valence-electron chi connectivity index (χ2n) is 8.87. The van der Waals surface area contributed by atoms with Gasteiger partial charge in [0, 0.05) is 6.42 Å². The molecule has 0 unspecified atom stereocenters. The molecule has 2 heterocycles. The Morgan fingerprint density at radius 1 is 1.24 bits per heavy atom. The second-order valence-corrected chi connectivity index (χ2v) is 8.87. The number of hydrogen-bond acceptors (Lipinski definition) is 6. The number of carbonyl (C=O) groups is 1. The highest BCUT2D eigenvalue weighted by Crippen LogP contribution is 2.44. The summed E-state index contributed by atoms with van der Waals surface area (Å²) in [6.45, 7) is 3.48. The van der Waals surface area contributed by atoms with E-state index in [9.17, 15) is 4.79 Å². The zero-order valence-corrected chi connectivity index (χ0v) is 17.7. The van der Waals surface area contributed by atoms with Crippen LogP contribution >= 0.6 is 0 Å². The van der Waals surface area contributed by atoms with Gasteiger partial charge in [0.1, 0.15) is 11.7 Å². The number of tetrazole rings is 1. The van der Waals surface area contributed by atoms with E-state index >= 15 is 4.39 Å². The maximum absolute atomic E-state index is 15.4. The Balaban J connectivity index is 1.39. The molecule has 0 bridgehead atoms. The first-order valence-electron chi connectivity index (χ1n) is 11.4. The van der Waals surface area contributed by atoms with Gasteiger partial charge in [-0.2, -0.15) is 5.21 Å². The molecule has 2 fully saturated rings. The number of nitrogens with zero attached hydrogens (tertiary/aromatic N) is 3. The van der Waals surface area contributed by atoms with Gasteiger partial charge in [-0.3, -0.25) is 4.79 Å². The molecule has 1 aromatic heterocycles. The van der Waals surface area contributed by atoms with Crippen LogP contribution in [0.15, 0.2) is 0 Å². The average Bonchev–Trinajstić information content (AvgIpc) is 3.25. The van der Waals surface area contributed by atoms with Gasteiger partial charge < -0.3 is 10.1 Å². The quantitative estimate of drug-likeness (QED) is 0.429. The van der Waals surface area contributed by atoms with Crippen molar-refractivity contribution < 1.29 is 13.9 Å². The van der Waals surface area contributed by atoms with Gasteiger partial charge >= 0.3 is 5.97 Å². The first kappa shape index (κ1) is 22.1. The average molecular weight is 410 g/mol. The van der Waals surface area contributed by atoms with Crippen molar-refractivity contribution in [3.63, 3.8) is 0 Å². The topological polar surface area (TPSA) is 92.8 Å². The predicted molar refractivity (Wildman–Crippen MR) is 108 cm³/mol. The van der Waals surface area contributed by atoms with E-state index in [-0.39, 0.29) is 17.9 Å². The maximum Gasteiger partial charge on any atom is 0.323 e. The largest absolute Gasteiger partial charge is 0.465 e. The third-order valence-electron chi connectivity index (χ3n) is 6.64. The van der Waals surface area contributed by atoms with Crippen molar-refractivity contribution >= 4 is 5.97 Å². The van der Waals surface area contributed by atoms with E-state index < -0.39 is 5.67 Å². The third kappa shape index (κ3) is 6.73. The Bertz CT molecular complexity index is 614. The number of nitrogens with one attached hydrogen (secondary N) is 2. The van der Waals surface area contributed by atoms with Crippen LogP contribution < -0.4 is 5.32 Å². The summed E-state index contributed by atoms with van der Waals surface area (Å²) in [5, 5.41) is 17.1.